The number of nitrogens with zero attached hydrogens (tertiary/aromatic N) is 2. The van der Waals surface area contributed by atoms with Gasteiger partial charge in [-0.05, 0) is 23.8 Å². The lowest BCUT2D eigenvalue weighted by atomic mass is 10.0. The van der Waals surface area contributed by atoms with Crippen molar-refractivity contribution in [3.05, 3.63) is 46.7 Å². The molecule has 31 heavy (non-hydrogen) atoms. The van der Waals surface area contributed by atoms with Gasteiger partial charge in [0.2, 0.25) is 0 Å². The molecule has 0 unspecified atom stereocenters. The number of phenols is 1. The molecule has 160 valence electrons. The molecule has 1 aromatic rings. The Bertz CT molecular complexity index is 1060. The van der Waals surface area contributed by atoms with Gasteiger partial charge in [-0.3, -0.25) is 19.3 Å². The molecule has 2 heterocycles. The standard InChI is InChI=1S/C20H17N3O7S/c1-10(24)30-8-13-9-31-19-15(18(27)23(19)16(13)20(28)29)22-17(26)12(7-21)6-11-2-4-14(25)5-3-11/h2-6,15,19,25H,8-9H2,1H3,(H,22,26)(H,28,29)/b12-6+/t15-,19+/m1/s1. The Morgan fingerprint density at radius 3 is 2.61 bits per heavy atom. The summed E-state index contributed by atoms with van der Waals surface area (Å²) in [4.78, 5) is 48.9. The fourth-order valence-electron chi connectivity index (χ4n) is 3.09. The summed E-state index contributed by atoms with van der Waals surface area (Å²) in [6.07, 6.45) is 1.31. The third-order valence-electron chi connectivity index (χ3n) is 4.56. The molecule has 2 aliphatic heterocycles. The summed E-state index contributed by atoms with van der Waals surface area (Å²) in [5, 5.41) is 30.0. The highest BCUT2D eigenvalue weighted by atomic mass is 32.2. The Labute approximate surface area is 180 Å². The van der Waals surface area contributed by atoms with E-state index in [9.17, 15) is 34.7 Å². The van der Waals surface area contributed by atoms with E-state index in [0.717, 1.165) is 4.90 Å². The molecule has 0 aromatic heterocycles. The zero-order chi connectivity index (χ0) is 22.7. The van der Waals surface area contributed by atoms with E-state index in [2.05, 4.69) is 5.32 Å². The van der Waals surface area contributed by atoms with Crippen LogP contribution in [0.25, 0.3) is 6.08 Å². The van der Waals surface area contributed by atoms with Crippen molar-refractivity contribution in [1.29, 1.82) is 5.26 Å². The molecule has 1 fully saturated rings. The summed E-state index contributed by atoms with van der Waals surface area (Å²) < 4.78 is 4.87. The number of thioether (sulfide) groups is 1. The van der Waals surface area contributed by atoms with Crippen molar-refractivity contribution < 1.29 is 34.1 Å². The highest BCUT2D eigenvalue weighted by Gasteiger charge is 2.54. The van der Waals surface area contributed by atoms with Crippen LogP contribution in [-0.2, 0) is 23.9 Å². The summed E-state index contributed by atoms with van der Waals surface area (Å²) in [5.41, 5.74) is 0.277. The fourth-order valence-corrected chi connectivity index (χ4v) is 4.42. The van der Waals surface area contributed by atoms with Gasteiger partial charge in [0.1, 0.15) is 41.1 Å². The van der Waals surface area contributed by atoms with Crippen molar-refractivity contribution >= 4 is 41.6 Å². The van der Waals surface area contributed by atoms with Crippen LogP contribution >= 0.6 is 11.8 Å². The second-order valence-corrected chi connectivity index (χ2v) is 7.76. The molecule has 1 saturated heterocycles. The first-order valence-electron chi connectivity index (χ1n) is 8.98. The summed E-state index contributed by atoms with van der Waals surface area (Å²) in [6, 6.07) is 6.60. The van der Waals surface area contributed by atoms with Crippen molar-refractivity contribution in [2.24, 2.45) is 0 Å². The first kappa shape index (κ1) is 21.9. The molecular weight excluding hydrogens is 426 g/mol. The number of fused-ring (bicyclic) bond motifs is 1. The van der Waals surface area contributed by atoms with Crippen LogP contribution < -0.4 is 5.32 Å². The number of carbonyl (C=O) groups excluding carboxylic acids is 3. The lowest BCUT2D eigenvalue weighted by Crippen LogP contribution is -2.70. The van der Waals surface area contributed by atoms with Crippen LogP contribution in [0.4, 0.5) is 0 Å². The maximum absolute atomic E-state index is 12.6. The smallest absolute Gasteiger partial charge is 0.352 e. The van der Waals surface area contributed by atoms with Crippen LogP contribution in [0.3, 0.4) is 0 Å². The number of amides is 2. The van der Waals surface area contributed by atoms with Crippen molar-refractivity contribution in [2.45, 2.75) is 18.3 Å². The molecule has 3 N–H and O–H groups in total. The Hall–Kier alpha value is -3.78. The number of hydrogen-bond donors (Lipinski definition) is 3. The number of carbonyl (C=O) groups is 4. The number of carboxylic acids is 1. The molecule has 2 amide bonds. The number of esters is 1. The van der Waals surface area contributed by atoms with Gasteiger partial charge in [-0.25, -0.2) is 4.79 Å². The van der Waals surface area contributed by atoms with E-state index < -0.39 is 35.2 Å². The molecule has 11 heteroatoms. The van der Waals surface area contributed by atoms with Gasteiger partial charge < -0.3 is 20.3 Å². The second kappa shape index (κ2) is 8.93. The highest BCUT2D eigenvalue weighted by Crippen LogP contribution is 2.40. The Morgan fingerprint density at radius 1 is 1.35 bits per heavy atom. The highest BCUT2D eigenvalue weighted by molar-refractivity contribution is 8.00. The van der Waals surface area contributed by atoms with Gasteiger partial charge in [-0.15, -0.1) is 11.8 Å². The first-order chi connectivity index (χ1) is 14.7. The van der Waals surface area contributed by atoms with Crippen LogP contribution in [0.1, 0.15) is 12.5 Å². The van der Waals surface area contributed by atoms with Gasteiger partial charge in [-0.2, -0.15) is 5.26 Å². The molecule has 0 spiro atoms. The van der Waals surface area contributed by atoms with Crippen molar-refractivity contribution in [3.8, 4) is 11.8 Å². The van der Waals surface area contributed by atoms with Gasteiger partial charge in [0.15, 0.2) is 0 Å². The van der Waals surface area contributed by atoms with E-state index in [1.54, 1.807) is 6.07 Å². The molecule has 0 radical (unpaired) electrons. The lowest BCUT2D eigenvalue weighted by Gasteiger charge is -2.49. The topological polar surface area (TPSA) is 157 Å². The Balaban J connectivity index is 1.75. The normalized spacial score (nSPS) is 20.3. The minimum atomic E-state index is -1.34. The Kier molecular flexibility index (Phi) is 6.31. The summed E-state index contributed by atoms with van der Waals surface area (Å²) in [5.74, 6) is -3.09. The average molecular weight is 443 g/mol. The van der Waals surface area contributed by atoms with Crippen LogP contribution in [-0.4, -0.2) is 62.6 Å². The number of aromatic hydroxyl groups is 1. The number of rotatable bonds is 6. The average Bonchev–Trinajstić information content (AvgIpc) is 2.74. The molecule has 0 bridgehead atoms. The number of nitriles is 1. The third kappa shape index (κ3) is 4.54. The maximum atomic E-state index is 12.6. The molecule has 2 aliphatic rings. The molecule has 0 saturated carbocycles. The van der Waals surface area contributed by atoms with Crippen molar-refractivity contribution in [2.75, 3.05) is 12.4 Å². The molecule has 2 atom stereocenters. The van der Waals surface area contributed by atoms with Gasteiger partial charge in [-0.1, -0.05) is 12.1 Å². The van der Waals surface area contributed by atoms with E-state index in [1.807, 2.05) is 0 Å². The predicted molar refractivity (Wildman–Crippen MR) is 108 cm³/mol. The SMILES string of the molecule is CC(=O)OCC1=C(C(=O)O)N2C(=O)[C@@H](NC(=O)/C(C#N)=C/c3ccc(O)cc3)[C@@H]2SC1. The monoisotopic (exact) mass is 443 g/mol. The number of phenolic OH excluding ortho intramolecular Hbond substituents is 1. The number of hydrogen-bond acceptors (Lipinski definition) is 8. The number of benzene rings is 1. The Morgan fingerprint density at radius 2 is 2.03 bits per heavy atom. The quantitative estimate of drug-likeness (QED) is 0.248. The molecular formula is C20H17N3O7S. The number of carboxylic acid groups (broad SMARTS) is 1. The molecule has 1 aromatic carbocycles. The largest absolute Gasteiger partial charge is 0.508 e. The molecule has 3 rings (SSSR count). The third-order valence-corrected chi connectivity index (χ3v) is 5.89. The van der Waals surface area contributed by atoms with Crippen LogP contribution in [0, 0.1) is 11.3 Å². The number of β-lactam (4-membered cyclic amide) rings is 1. The minimum absolute atomic E-state index is 0.0324. The maximum Gasteiger partial charge on any atom is 0.352 e. The second-order valence-electron chi connectivity index (χ2n) is 6.66. The number of ether oxygens (including phenoxy) is 1. The summed E-state index contributed by atoms with van der Waals surface area (Å²) in [6.45, 7) is 0.948. The molecule has 0 aliphatic carbocycles. The van der Waals surface area contributed by atoms with Crippen LogP contribution in [0.15, 0.2) is 41.1 Å². The van der Waals surface area contributed by atoms with Gasteiger partial charge >= 0.3 is 11.9 Å². The van der Waals surface area contributed by atoms with Crippen molar-refractivity contribution in [3.63, 3.8) is 0 Å². The first-order valence-corrected chi connectivity index (χ1v) is 10.0. The molecule has 10 nitrogen and oxygen atoms in total. The van der Waals surface area contributed by atoms with E-state index in [0.29, 0.717) is 5.56 Å². The minimum Gasteiger partial charge on any atom is -0.508 e. The van der Waals surface area contributed by atoms with E-state index >= 15 is 0 Å². The summed E-state index contributed by atoms with van der Waals surface area (Å²) >= 11 is 1.22. The van der Waals surface area contributed by atoms with E-state index in [-0.39, 0.29) is 35.0 Å². The number of aliphatic carboxylic acids is 1. The van der Waals surface area contributed by atoms with Gasteiger partial charge in [0.25, 0.3) is 11.8 Å². The van der Waals surface area contributed by atoms with Gasteiger partial charge in [0.05, 0.1) is 0 Å². The zero-order valence-corrected chi connectivity index (χ0v) is 17.0. The number of nitrogens with one attached hydrogen (secondary N) is 1. The van der Waals surface area contributed by atoms with Crippen LogP contribution in [0.5, 0.6) is 5.75 Å². The van der Waals surface area contributed by atoms with Crippen molar-refractivity contribution in [1.82, 2.24) is 10.2 Å². The van der Waals surface area contributed by atoms with Gasteiger partial charge in [0, 0.05) is 18.2 Å². The van der Waals surface area contributed by atoms with E-state index in [1.165, 1.54) is 49.0 Å². The zero-order valence-electron chi connectivity index (χ0n) is 16.2. The van der Waals surface area contributed by atoms with E-state index in [4.69, 9.17) is 4.74 Å². The lowest BCUT2D eigenvalue weighted by molar-refractivity contribution is -0.150. The predicted octanol–water partition coefficient (Wildman–Crippen LogP) is 0.601. The van der Waals surface area contributed by atoms with Crippen LogP contribution in [0.2, 0.25) is 0 Å². The fraction of sp³-hybridized carbons (Fsp3) is 0.250. The summed E-state index contributed by atoms with van der Waals surface area (Å²) in [7, 11) is 0.